The summed E-state index contributed by atoms with van der Waals surface area (Å²) in [7, 11) is 0. The Morgan fingerprint density at radius 2 is 1.89 bits per heavy atom. The summed E-state index contributed by atoms with van der Waals surface area (Å²) in [6.07, 6.45) is 3.66. The second-order valence-corrected chi connectivity index (χ2v) is 7.27. The molecule has 0 aliphatic carbocycles. The maximum absolute atomic E-state index is 11.1. The number of hydrogen-bond donors (Lipinski definition) is 1. The second kappa shape index (κ2) is 7.62. The average Bonchev–Trinajstić information content (AvgIpc) is 2.78. The van der Waals surface area contributed by atoms with Crippen LogP contribution in [0, 0.1) is 5.92 Å². The SMILES string of the molecule is CC(=O)S[C@@H]1CCN(CC2CCN(CCO)CC2)C1. The Kier molecular flexibility index (Phi) is 6.13. The molecule has 2 saturated heterocycles. The van der Waals surface area contributed by atoms with Crippen molar-refractivity contribution in [3.8, 4) is 0 Å². The zero-order chi connectivity index (χ0) is 13.7. The van der Waals surface area contributed by atoms with E-state index >= 15 is 0 Å². The number of thioether (sulfide) groups is 1. The predicted molar refractivity (Wildman–Crippen MR) is 79.4 cm³/mol. The summed E-state index contributed by atoms with van der Waals surface area (Å²) in [5.41, 5.74) is 0. The minimum Gasteiger partial charge on any atom is -0.395 e. The topological polar surface area (TPSA) is 43.8 Å². The number of hydrogen-bond acceptors (Lipinski definition) is 5. The normalized spacial score (nSPS) is 26.9. The highest BCUT2D eigenvalue weighted by Crippen LogP contribution is 2.26. The number of carbonyl (C=O) groups excluding carboxylic acids is 1. The lowest BCUT2D eigenvalue weighted by molar-refractivity contribution is -0.109. The second-order valence-electron chi connectivity index (χ2n) is 5.79. The molecule has 0 radical (unpaired) electrons. The number of aliphatic hydroxyl groups excluding tert-OH is 1. The van der Waals surface area contributed by atoms with Crippen molar-refractivity contribution >= 4 is 16.9 Å². The van der Waals surface area contributed by atoms with Crippen LogP contribution in [-0.2, 0) is 4.79 Å². The molecule has 0 aromatic rings. The summed E-state index contributed by atoms with van der Waals surface area (Å²) >= 11 is 1.52. The van der Waals surface area contributed by atoms with Crippen LogP contribution in [0.3, 0.4) is 0 Å². The van der Waals surface area contributed by atoms with Crippen molar-refractivity contribution in [2.24, 2.45) is 5.92 Å². The minimum atomic E-state index is 0.254. The van der Waals surface area contributed by atoms with Crippen LogP contribution in [-0.4, -0.2) is 71.1 Å². The molecule has 0 aromatic carbocycles. The maximum Gasteiger partial charge on any atom is 0.186 e. The van der Waals surface area contributed by atoms with Gasteiger partial charge in [0.05, 0.1) is 6.61 Å². The molecule has 1 atom stereocenters. The molecule has 2 fully saturated rings. The summed E-state index contributed by atoms with van der Waals surface area (Å²) in [5.74, 6) is 0.802. The van der Waals surface area contributed by atoms with Crippen molar-refractivity contribution < 1.29 is 9.90 Å². The first kappa shape index (κ1) is 15.3. The van der Waals surface area contributed by atoms with Gasteiger partial charge in [-0.1, -0.05) is 11.8 Å². The number of likely N-dealkylation sites (tertiary alicyclic amines) is 2. The van der Waals surface area contributed by atoms with Crippen molar-refractivity contribution in [2.75, 3.05) is 45.9 Å². The van der Waals surface area contributed by atoms with E-state index in [4.69, 9.17) is 5.11 Å². The smallest absolute Gasteiger partial charge is 0.186 e. The van der Waals surface area contributed by atoms with Gasteiger partial charge in [-0.3, -0.25) is 4.79 Å². The van der Waals surface area contributed by atoms with Crippen molar-refractivity contribution in [2.45, 2.75) is 31.4 Å². The quantitative estimate of drug-likeness (QED) is 0.818. The van der Waals surface area contributed by atoms with Gasteiger partial charge in [-0.2, -0.15) is 0 Å². The highest BCUT2D eigenvalue weighted by atomic mass is 32.2. The lowest BCUT2D eigenvalue weighted by Gasteiger charge is -2.33. The Bertz CT molecular complexity index is 293. The molecular weight excluding hydrogens is 260 g/mol. The van der Waals surface area contributed by atoms with Crippen LogP contribution in [0.25, 0.3) is 0 Å². The van der Waals surface area contributed by atoms with Crippen molar-refractivity contribution in [1.29, 1.82) is 0 Å². The summed E-state index contributed by atoms with van der Waals surface area (Å²) in [4.78, 5) is 16.0. The van der Waals surface area contributed by atoms with Crippen LogP contribution in [0.5, 0.6) is 0 Å². The summed E-state index contributed by atoms with van der Waals surface area (Å²) < 4.78 is 0. The van der Waals surface area contributed by atoms with Crippen LogP contribution in [0.4, 0.5) is 0 Å². The number of piperidine rings is 1. The van der Waals surface area contributed by atoms with Crippen molar-refractivity contribution in [3.05, 3.63) is 0 Å². The van der Waals surface area contributed by atoms with Gasteiger partial charge in [-0.25, -0.2) is 0 Å². The van der Waals surface area contributed by atoms with Gasteiger partial charge in [-0.15, -0.1) is 0 Å². The van der Waals surface area contributed by atoms with E-state index in [9.17, 15) is 4.79 Å². The number of rotatable bonds is 5. The van der Waals surface area contributed by atoms with Gasteiger partial charge in [0.2, 0.25) is 0 Å². The first-order valence-electron chi connectivity index (χ1n) is 7.40. The van der Waals surface area contributed by atoms with Gasteiger partial charge < -0.3 is 14.9 Å². The van der Waals surface area contributed by atoms with Crippen LogP contribution in [0.2, 0.25) is 0 Å². The highest BCUT2D eigenvalue weighted by molar-refractivity contribution is 8.14. The van der Waals surface area contributed by atoms with Gasteiger partial charge in [0.1, 0.15) is 0 Å². The highest BCUT2D eigenvalue weighted by Gasteiger charge is 2.27. The van der Waals surface area contributed by atoms with E-state index in [1.807, 2.05) is 0 Å². The third-order valence-electron chi connectivity index (χ3n) is 4.20. The predicted octanol–water partition coefficient (Wildman–Crippen LogP) is 1.04. The zero-order valence-electron chi connectivity index (χ0n) is 11.9. The number of carbonyl (C=O) groups is 1. The van der Waals surface area contributed by atoms with Gasteiger partial charge in [0.15, 0.2) is 5.12 Å². The van der Waals surface area contributed by atoms with Crippen LogP contribution in [0.1, 0.15) is 26.2 Å². The Labute approximate surface area is 120 Å². The molecule has 110 valence electrons. The third-order valence-corrected chi connectivity index (χ3v) is 5.25. The van der Waals surface area contributed by atoms with E-state index in [0.29, 0.717) is 5.25 Å². The molecule has 19 heavy (non-hydrogen) atoms. The molecule has 0 spiro atoms. The van der Waals surface area contributed by atoms with Crippen molar-refractivity contribution in [3.63, 3.8) is 0 Å². The van der Waals surface area contributed by atoms with Crippen LogP contribution >= 0.6 is 11.8 Å². The molecule has 2 heterocycles. The first-order chi connectivity index (χ1) is 9.17. The molecule has 2 aliphatic rings. The molecule has 0 amide bonds. The Morgan fingerprint density at radius 3 is 2.53 bits per heavy atom. The molecule has 1 N–H and O–H groups in total. The molecule has 2 rings (SSSR count). The Morgan fingerprint density at radius 1 is 1.21 bits per heavy atom. The van der Waals surface area contributed by atoms with Crippen molar-refractivity contribution in [1.82, 2.24) is 9.80 Å². The molecule has 4 nitrogen and oxygen atoms in total. The van der Waals surface area contributed by atoms with E-state index in [1.54, 1.807) is 6.92 Å². The fourth-order valence-corrected chi connectivity index (χ4v) is 4.17. The van der Waals surface area contributed by atoms with Gasteiger partial charge >= 0.3 is 0 Å². The fourth-order valence-electron chi connectivity index (χ4n) is 3.19. The van der Waals surface area contributed by atoms with Crippen LogP contribution in [0.15, 0.2) is 0 Å². The van der Waals surface area contributed by atoms with E-state index < -0.39 is 0 Å². The van der Waals surface area contributed by atoms with E-state index in [-0.39, 0.29) is 11.7 Å². The van der Waals surface area contributed by atoms with Gasteiger partial charge in [-0.05, 0) is 44.8 Å². The zero-order valence-corrected chi connectivity index (χ0v) is 12.7. The third kappa shape index (κ3) is 5.06. The summed E-state index contributed by atoms with van der Waals surface area (Å²) in [6.45, 7) is 8.47. The lowest BCUT2D eigenvalue weighted by atomic mass is 9.96. The lowest BCUT2D eigenvalue weighted by Crippen LogP contribution is -2.39. The first-order valence-corrected chi connectivity index (χ1v) is 8.28. The van der Waals surface area contributed by atoms with E-state index in [2.05, 4.69) is 9.80 Å². The van der Waals surface area contributed by atoms with E-state index in [1.165, 1.54) is 31.1 Å². The molecule has 2 aliphatic heterocycles. The Balaban J connectivity index is 1.65. The monoisotopic (exact) mass is 286 g/mol. The summed E-state index contributed by atoms with van der Waals surface area (Å²) in [6, 6.07) is 0. The van der Waals surface area contributed by atoms with Gasteiger partial charge in [0, 0.05) is 31.8 Å². The fraction of sp³-hybridized carbons (Fsp3) is 0.929. The van der Waals surface area contributed by atoms with Crippen LogP contribution < -0.4 is 0 Å². The minimum absolute atomic E-state index is 0.254. The van der Waals surface area contributed by atoms with E-state index in [0.717, 1.165) is 45.1 Å². The molecule has 0 bridgehead atoms. The molecule has 5 heteroatoms. The number of aliphatic hydroxyl groups is 1. The molecule has 0 unspecified atom stereocenters. The standard InChI is InChI=1S/C14H26N2O2S/c1-12(18)19-14-4-7-16(11-14)10-13-2-5-15(6-3-13)8-9-17/h13-14,17H,2-11H2,1H3/t14-/m1/s1. The maximum atomic E-state index is 11.1. The molecule has 0 saturated carbocycles. The number of nitrogens with zero attached hydrogens (tertiary/aromatic N) is 2. The Hall–Kier alpha value is -0.100. The number of β-amino-alcohol motifs (C(OH)–C–C–N with tert-alkyl or cyclic N) is 1. The van der Waals surface area contributed by atoms with Gasteiger partial charge in [0.25, 0.3) is 0 Å². The largest absolute Gasteiger partial charge is 0.395 e. The molecule has 0 aromatic heterocycles. The average molecular weight is 286 g/mol. The summed E-state index contributed by atoms with van der Waals surface area (Å²) in [5, 5.41) is 9.71. The molecular formula is C14H26N2O2S.